The molecule has 2 aliphatic rings. The molecule has 2 heterocycles. The quantitative estimate of drug-likeness (QED) is 0.558. The van der Waals surface area contributed by atoms with Crippen molar-refractivity contribution in [1.29, 1.82) is 5.26 Å². The summed E-state index contributed by atoms with van der Waals surface area (Å²) in [6, 6.07) is 2.20. The average Bonchev–Trinajstić information content (AvgIpc) is 2.17. The summed E-state index contributed by atoms with van der Waals surface area (Å²) in [5.41, 5.74) is 0.809. The molecule has 0 saturated carbocycles. The van der Waals surface area contributed by atoms with E-state index in [0.717, 1.165) is 25.1 Å². The molecule has 0 aromatic rings. The van der Waals surface area contributed by atoms with Gasteiger partial charge in [-0.25, -0.2) is 0 Å². The Kier molecular flexibility index (Phi) is 2.44. The highest BCUT2D eigenvalue weighted by Crippen LogP contribution is 2.26. The largest absolute Gasteiger partial charge is 0.373 e. The van der Waals surface area contributed by atoms with E-state index >= 15 is 0 Å². The molecular formula is C10H15N3O. The number of ether oxygens (including phenoxy) is 1. The lowest BCUT2D eigenvalue weighted by Crippen LogP contribution is -2.57. The third kappa shape index (κ3) is 1.49. The van der Waals surface area contributed by atoms with E-state index in [9.17, 15) is 0 Å². The van der Waals surface area contributed by atoms with Crippen molar-refractivity contribution < 1.29 is 4.74 Å². The number of nitrogens with zero attached hydrogens (tertiary/aromatic N) is 3. The first kappa shape index (κ1) is 9.50. The minimum atomic E-state index is 0.151. The van der Waals surface area contributed by atoms with Crippen molar-refractivity contribution >= 4 is 0 Å². The van der Waals surface area contributed by atoms with Gasteiger partial charge in [-0.15, -0.1) is 0 Å². The lowest BCUT2D eigenvalue weighted by atomic mass is 10.0. The topological polar surface area (TPSA) is 39.5 Å². The second-order valence-corrected chi connectivity index (χ2v) is 3.94. The Bertz CT molecular complexity index is 294. The third-order valence-electron chi connectivity index (χ3n) is 2.90. The molecule has 4 nitrogen and oxygen atoms in total. The van der Waals surface area contributed by atoms with Gasteiger partial charge in [0.2, 0.25) is 0 Å². The molecule has 0 aromatic heterocycles. The number of hydrogen-bond acceptors (Lipinski definition) is 4. The van der Waals surface area contributed by atoms with E-state index < -0.39 is 0 Å². The van der Waals surface area contributed by atoms with E-state index in [-0.39, 0.29) is 6.10 Å². The molecule has 0 N–H and O–H groups in total. The number of fused-ring (bicyclic) bond motifs is 1. The molecule has 2 atom stereocenters. The second kappa shape index (κ2) is 3.60. The highest BCUT2D eigenvalue weighted by molar-refractivity contribution is 5.24. The smallest absolute Gasteiger partial charge is 0.108 e. The maximum absolute atomic E-state index is 8.85. The molecule has 0 bridgehead atoms. The summed E-state index contributed by atoms with van der Waals surface area (Å²) in [6.45, 7) is 1.73. The predicted octanol–water partition coefficient (Wildman–Crippen LogP) is 0.386. The van der Waals surface area contributed by atoms with Crippen LogP contribution in [0.3, 0.4) is 0 Å². The molecule has 0 amide bonds. The summed E-state index contributed by atoms with van der Waals surface area (Å²) < 4.78 is 5.68. The fourth-order valence-corrected chi connectivity index (χ4v) is 2.25. The van der Waals surface area contributed by atoms with Crippen LogP contribution in [-0.2, 0) is 4.74 Å². The number of hydrogen-bond donors (Lipinski definition) is 0. The number of nitriles is 1. The van der Waals surface area contributed by atoms with Crippen LogP contribution in [-0.4, -0.2) is 49.3 Å². The van der Waals surface area contributed by atoms with Gasteiger partial charge in [0.1, 0.15) is 6.17 Å². The van der Waals surface area contributed by atoms with Crippen LogP contribution in [0.5, 0.6) is 0 Å². The molecular weight excluding hydrogens is 178 g/mol. The molecule has 4 heteroatoms. The van der Waals surface area contributed by atoms with Gasteiger partial charge in [-0.2, -0.15) is 5.26 Å². The monoisotopic (exact) mass is 193 g/mol. The van der Waals surface area contributed by atoms with Crippen molar-refractivity contribution in [1.82, 2.24) is 9.80 Å². The first-order valence-corrected chi connectivity index (χ1v) is 4.87. The minimum Gasteiger partial charge on any atom is -0.373 e. The number of likely N-dealkylation sites (N-methyl/N-ethyl adjacent to an activating group) is 2. The van der Waals surface area contributed by atoms with Gasteiger partial charge in [-0.05, 0) is 7.05 Å². The SMILES string of the molecule is CN1C=C(C#N)C[C@H]2OCCN(C)[C@H]21. The van der Waals surface area contributed by atoms with Crippen molar-refractivity contribution in [3.63, 3.8) is 0 Å². The van der Waals surface area contributed by atoms with Crippen molar-refractivity contribution in [2.24, 2.45) is 0 Å². The second-order valence-electron chi connectivity index (χ2n) is 3.94. The molecule has 1 saturated heterocycles. The summed E-state index contributed by atoms with van der Waals surface area (Å²) in [7, 11) is 4.10. The van der Waals surface area contributed by atoms with Gasteiger partial charge in [-0.3, -0.25) is 4.90 Å². The molecule has 14 heavy (non-hydrogen) atoms. The van der Waals surface area contributed by atoms with Gasteiger partial charge in [0.05, 0.1) is 18.8 Å². The van der Waals surface area contributed by atoms with E-state index in [0.29, 0.717) is 6.17 Å². The fourth-order valence-electron chi connectivity index (χ4n) is 2.25. The van der Waals surface area contributed by atoms with E-state index in [2.05, 4.69) is 22.9 Å². The Morgan fingerprint density at radius 1 is 1.57 bits per heavy atom. The van der Waals surface area contributed by atoms with Gasteiger partial charge < -0.3 is 9.64 Å². The van der Waals surface area contributed by atoms with Crippen LogP contribution in [0.4, 0.5) is 0 Å². The summed E-state index contributed by atoms with van der Waals surface area (Å²) in [4.78, 5) is 4.35. The first-order valence-electron chi connectivity index (χ1n) is 4.87. The van der Waals surface area contributed by atoms with Gasteiger partial charge in [0, 0.05) is 31.8 Å². The highest BCUT2D eigenvalue weighted by Gasteiger charge is 2.35. The molecule has 0 aliphatic carbocycles. The van der Waals surface area contributed by atoms with Crippen LogP contribution in [0.15, 0.2) is 11.8 Å². The van der Waals surface area contributed by atoms with Crippen LogP contribution in [0.2, 0.25) is 0 Å². The zero-order valence-electron chi connectivity index (χ0n) is 8.60. The zero-order valence-corrected chi connectivity index (χ0v) is 8.60. The van der Waals surface area contributed by atoms with Crippen LogP contribution >= 0.6 is 0 Å². The Balaban J connectivity index is 2.21. The molecule has 0 spiro atoms. The number of rotatable bonds is 0. The van der Waals surface area contributed by atoms with E-state index in [1.165, 1.54) is 0 Å². The average molecular weight is 193 g/mol. The predicted molar refractivity (Wildman–Crippen MR) is 52.2 cm³/mol. The van der Waals surface area contributed by atoms with Crippen LogP contribution < -0.4 is 0 Å². The minimum absolute atomic E-state index is 0.151. The Morgan fingerprint density at radius 3 is 3.07 bits per heavy atom. The Hall–Kier alpha value is -1.05. The summed E-state index contributed by atoms with van der Waals surface area (Å²) in [6.07, 6.45) is 3.11. The van der Waals surface area contributed by atoms with Crippen LogP contribution in [0.1, 0.15) is 6.42 Å². The van der Waals surface area contributed by atoms with E-state index in [1.807, 2.05) is 13.2 Å². The zero-order chi connectivity index (χ0) is 10.1. The Labute approximate surface area is 84.3 Å². The summed E-state index contributed by atoms with van der Waals surface area (Å²) >= 11 is 0. The first-order chi connectivity index (χ1) is 6.72. The molecule has 0 radical (unpaired) electrons. The Morgan fingerprint density at radius 2 is 2.36 bits per heavy atom. The van der Waals surface area contributed by atoms with Crippen molar-refractivity contribution in [3.05, 3.63) is 11.8 Å². The lowest BCUT2D eigenvalue weighted by Gasteiger charge is -2.45. The molecule has 2 rings (SSSR count). The standard InChI is InChI=1S/C10H15N3O/c1-12-3-4-14-9-5-8(6-11)7-13(2)10(9)12/h7,9-10H,3-5H2,1-2H3/t9-,10+/m1/s1. The van der Waals surface area contributed by atoms with Gasteiger partial charge in [-0.1, -0.05) is 0 Å². The maximum Gasteiger partial charge on any atom is 0.108 e. The van der Waals surface area contributed by atoms with Crippen molar-refractivity contribution in [2.75, 3.05) is 27.2 Å². The molecule has 1 fully saturated rings. The molecule has 0 unspecified atom stereocenters. The molecule has 0 aromatic carbocycles. The van der Waals surface area contributed by atoms with Crippen molar-refractivity contribution in [2.45, 2.75) is 18.7 Å². The molecule has 76 valence electrons. The lowest BCUT2D eigenvalue weighted by molar-refractivity contribution is -0.106. The fraction of sp³-hybridized carbons (Fsp3) is 0.700. The van der Waals surface area contributed by atoms with Gasteiger partial charge in [0.25, 0.3) is 0 Å². The summed E-state index contributed by atoms with van der Waals surface area (Å²) in [5.74, 6) is 0. The van der Waals surface area contributed by atoms with Gasteiger partial charge >= 0.3 is 0 Å². The number of morpholine rings is 1. The van der Waals surface area contributed by atoms with Crippen LogP contribution in [0, 0.1) is 11.3 Å². The van der Waals surface area contributed by atoms with E-state index in [1.54, 1.807) is 0 Å². The van der Waals surface area contributed by atoms with Gasteiger partial charge in [0.15, 0.2) is 0 Å². The van der Waals surface area contributed by atoms with Crippen molar-refractivity contribution in [3.8, 4) is 6.07 Å². The maximum atomic E-state index is 8.85. The molecule has 2 aliphatic heterocycles. The normalized spacial score (nSPS) is 33.2. The highest BCUT2D eigenvalue weighted by atomic mass is 16.5. The summed E-state index contributed by atoms with van der Waals surface area (Å²) in [5, 5.41) is 8.85. The van der Waals surface area contributed by atoms with E-state index in [4.69, 9.17) is 10.00 Å². The van der Waals surface area contributed by atoms with Crippen LogP contribution in [0.25, 0.3) is 0 Å². The third-order valence-corrected chi connectivity index (χ3v) is 2.90.